The van der Waals surface area contributed by atoms with Crippen molar-refractivity contribution in [2.45, 2.75) is 50.6 Å². The molecule has 1 saturated heterocycles. The maximum absolute atomic E-state index is 12.4. The van der Waals surface area contributed by atoms with E-state index in [0.717, 1.165) is 12.8 Å². The summed E-state index contributed by atoms with van der Waals surface area (Å²) in [6.45, 7) is 1.89. The van der Waals surface area contributed by atoms with Gasteiger partial charge in [-0.3, -0.25) is 14.5 Å². The van der Waals surface area contributed by atoms with Crippen molar-refractivity contribution in [3.8, 4) is 0 Å². The molecular formula is C15H26N2O4. The van der Waals surface area contributed by atoms with Crippen molar-refractivity contribution in [1.29, 1.82) is 0 Å². The first kappa shape index (κ1) is 16.2. The minimum atomic E-state index is -0.844. The standard InChI is InChI=1S/C15H26N2O4/c1-16(12-5-3-2-4-6-12)14(18)10-17-7-8-21-11-13(17)9-15(19)20/h12-13H,2-11H2,1H3,(H,19,20). The summed E-state index contributed by atoms with van der Waals surface area (Å²) in [5.74, 6) is -0.747. The van der Waals surface area contributed by atoms with Crippen molar-refractivity contribution < 1.29 is 19.4 Å². The van der Waals surface area contributed by atoms with Gasteiger partial charge >= 0.3 is 5.97 Å². The van der Waals surface area contributed by atoms with Crippen LogP contribution < -0.4 is 0 Å². The molecule has 120 valence electrons. The number of rotatable bonds is 5. The van der Waals surface area contributed by atoms with Crippen LogP contribution in [0.2, 0.25) is 0 Å². The van der Waals surface area contributed by atoms with E-state index < -0.39 is 5.97 Å². The number of carbonyl (C=O) groups excluding carboxylic acids is 1. The van der Waals surface area contributed by atoms with Gasteiger partial charge in [0.2, 0.25) is 5.91 Å². The van der Waals surface area contributed by atoms with Crippen LogP contribution in [-0.4, -0.2) is 72.2 Å². The fourth-order valence-corrected chi connectivity index (χ4v) is 3.24. The van der Waals surface area contributed by atoms with Crippen LogP contribution in [0.4, 0.5) is 0 Å². The molecule has 1 aliphatic heterocycles. The molecule has 0 spiro atoms. The van der Waals surface area contributed by atoms with Crippen LogP contribution in [0.25, 0.3) is 0 Å². The molecule has 0 bridgehead atoms. The molecule has 1 atom stereocenters. The van der Waals surface area contributed by atoms with Crippen LogP contribution in [0.1, 0.15) is 38.5 Å². The number of aliphatic carboxylic acids is 1. The van der Waals surface area contributed by atoms with Crippen molar-refractivity contribution in [2.75, 3.05) is 33.4 Å². The lowest BCUT2D eigenvalue weighted by molar-refractivity contribution is -0.143. The Bertz CT molecular complexity index is 369. The Labute approximate surface area is 126 Å². The van der Waals surface area contributed by atoms with Crippen LogP contribution in [0.3, 0.4) is 0 Å². The highest BCUT2D eigenvalue weighted by Crippen LogP contribution is 2.22. The molecule has 0 aromatic rings. The maximum atomic E-state index is 12.4. The Morgan fingerprint density at radius 1 is 1.29 bits per heavy atom. The van der Waals surface area contributed by atoms with Crippen LogP contribution in [0.5, 0.6) is 0 Å². The zero-order valence-corrected chi connectivity index (χ0v) is 12.8. The zero-order valence-electron chi connectivity index (χ0n) is 12.8. The van der Waals surface area contributed by atoms with E-state index in [1.807, 2.05) is 16.8 Å². The quantitative estimate of drug-likeness (QED) is 0.818. The molecule has 2 rings (SSSR count). The molecule has 1 N–H and O–H groups in total. The minimum absolute atomic E-state index is 0.0282. The predicted octanol–water partition coefficient (Wildman–Crippen LogP) is 0.953. The predicted molar refractivity (Wildman–Crippen MR) is 78.1 cm³/mol. The van der Waals surface area contributed by atoms with Crippen molar-refractivity contribution in [3.05, 3.63) is 0 Å². The molecule has 2 aliphatic rings. The van der Waals surface area contributed by atoms with Crippen LogP contribution >= 0.6 is 0 Å². The first-order valence-electron chi connectivity index (χ1n) is 7.87. The molecule has 2 fully saturated rings. The number of hydrogen-bond acceptors (Lipinski definition) is 4. The minimum Gasteiger partial charge on any atom is -0.481 e. The Kier molecular flexibility index (Phi) is 5.99. The molecule has 0 aromatic heterocycles. The van der Waals surface area contributed by atoms with E-state index in [9.17, 15) is 9.59 Å². The highest BCUT2D eigenvalue weighted by molar-refractivity contribution is 5.78. The summed E-state index contributed by atoms with van der Waals surface area (Å²) in [7, 11) is 1.88. The number of carbonyl (C=O) groups is 2. The van der Waals surface area contributed by atoms with Crippen molar-refractivity contribution in [3.63, 3.8) is 0 Å². The summed E-state index contributed by atoms with van der Waals surface area (Å²) in [5.41, 5.74) is 0. The molecule has 1 heterocycles. The molecule has 6 nitrogen and oxygen atoms in total. The first-order valence-corrected chi connectivity index (χ1v) is 7.87. The van der Waals surface area contributed by atoms with E-state index in [4.69, 9.17) is 9.84 Å². The van der Waals surface area contributed by atoms with Gasteiger partial charge in [-0.1, -0.05) is 19.3 Å². The molecule has 0 aromatic carbocycles. The third-order valence-electron chi connectivity index (χ3n) is 4.61. The van der Waals surface area contributed by atoms with Crippen molar-refractivity contribution in [2.24, 2.45) is 0 Å². The lowest BCUT2D eigenvalue weighted by atomic mass is 9.94. The topological polar surface area (TPSA) is 70.1 Å². The van der Waals surface area contributed by atoms with Gasteiger partial charge in [-0.15, -0.1) is 0 Å². The van der Waals surface area contributed by atoms with Crippen molar-refractivity contribution in [1.82, 2.24) is 9.80 Å². The molecule has 1 unspecified atom stereocenters. The fraction of sp³-hybridized carbons (Fsp3) is 0.867. The number of hydrogen-bond donors (Lipinski definition) is 1. The van der Waals surface area contributed by atoms with Gasteiger partial charge in [0.25, 0.3) is 0 Å². The van der Waals surface area contributed by atoms with Gasteiger partial charge in [0.15, 0.2) is 0 Å². The maximum Gasteiger partial charge on any atom is 0.305 e. The molecule has 21 heavy (non-hydrogen) atoms. The highest BCUT2D eigenvalue weighted by Gasteiger charge is 2.29. The highest BCUT2D eigenvalue weighted by atomic mass is 16.5. The molecular weight excluding hydrogens is 272 g/mol. The zero-order chi connectivity index (χ0) is 15.2. The number of carboxylic acid groups (broad SMARTS) is 1. The SMILES string of the molecule is CN(C(=O)CN1CCOCC1CC(=O)O)C1CCCCC1. The van der Waals surface area contributed by atoms with E-state index in [-0.39, 0.29) is 18.4 Å². The van der Waals surface area contributed by atoms with E-state index in [1.165, 1.54) is 19.3 Å². The Balaban J connectivity index is 1.88. The summed E-state index contributed by atoms with van der Waals surface area (Å²) in [4.78, 5) is 27.2. The Morgan fingerprint density at radius 3 is 2.67 bits per heavy atom. The number of likely N-dealkylation sites (N-methyl/N-ethyl adjacent to an activating group) is 1. The van der Waals surface area contributed by atoms with Crippen LogP contribution in [-0.2, 0) is 14.3 Å². The van der Waals surface area contributed by atoms with E-state index >= 15 is 0 Å². The average Bonchev–Trinajstić information content (AvgIpc) is 2.49. The normalized spacial score (nSPS) is 24.7. The average molecular weight is 298 g/mol. The van der Waals surface area contributed by atoms with E-state index in [2.05, 4.69) is 0 Å². The smallest absolute Gasteiger partial charge is 0.305 e. The molecule has 1 aliphatic carbocycles. The Morgan fingerprint density at radius 2 is 2.00 bits per heavy atom. The lowest BCUT2D eigenvalue weighted by Gasteiger charge is -2.37. The van der Waals surface area contributed by atoms with Gasteiger partial charge in [0, 0.05) is 25.7 Å². The molecule has 6 heteroatoms. The summed E-state index contributed by atoms with van der Waals surface area (Å²) < 4.78 is 5.34. The summed E-state index contributed by atoms with van der Waals surface area (Å²) >= 11 is 0. The number of morpholine rings is 1. The summed E-state index contributed by atoms with van der Waals surface area (Å²) in [6.07, 6.45) is 5.86. The second kappa shape index (κ2) is 7.75. The number of ether oxygens (including phenoxy) is 1. The molecule has 1 amide bonds. The van der Waals surface area contributed by atoms with Gasteiger partial charge in [0.05, 0.1) is 26.2 Å². The summed E-state index contributed by atoms with van der Waals surface area (Å²) in [5, 5.41) is 8.95. The number of amides is 1. The second-order valence-corrected chi connectivity index (χ2v) is 6.09. The van der Waals surface area contributed by atoms with Gasteiger partial charge in [-0.2, -0.15) is 0 Å². The third-order valence-corrected chi connectivity index (χ3v) is 4.61. The number of carboxylic acids is 1. The molecule has 0 radical (unpaired) electrons. The third kappa shape index (κ3) is 4.68. The van der Waals surface area contributed by atoms with Gasteiger partial charge in [0.1, 0.15) is 0 Å². The Hall–Kier alpha value is -1.14. The first-order chi connectivity index (χ1) is 10.1. The fourth-order valence-electron chi connectivity index (χ4n) is 3.24. The van der Waals surface area contributed by atoms with Gasteiger partial charge in [-0.25, -0.2) is 0 Å². The van der Waals surface area contributed by atoms with E-state index in [1.54, 1.807) is 0 Å². The van der Waals surface area contributed by atoms with Gasteiger partial charge < -0.3 is 14.7 Å². The summed E-state index contributed by atoms with van der Waals surface area (Å²) in [6, 6.07) is 0.158. The number of nitrogens with zero attached hydrogens (tertiary/aromatic N) is 2. The van der Waals surface area contributed by atoms with Crippen LogP contribution in [0.15, 0.2) is 0 Å². The van der Waals surface area contributed by atoms with Gasteiger partial charge in [-0.05, 0) is 12.8 Å². The largest absolute Gasteiger partial charge is 0.481 e. The molecule has 1 saturated carbocycles. The van der Waals surface area contributed by atoms with Crippen LogP contribution in [0, 0.1) is 0 Å². The van der Waals surface area contributed by atoms with E-state index in [0.29, 0.717) is 32.3 Å². The monoisotopic (exact) mass is 298 g/mol. The van der Waals surface area contributed by atoms with Crippen molar-refractivity contribution >= 4 is 11.9 Å². The lowest BCUT2D eigenvalue weighted by Crippen LogP contribution is -2.52. The second-order valence-electron chi connectivity index (χ2n) is 6.09.